The quantitative estimate of drug-likeness (QED) is 0.181. The molecule has 1 aliphatic rings. The number of carbonyl (C=O) groups excluding carboxylic acids is 1. The van der Waals surface area contributed by atoms with Gasteiger partial charge < -0.3 is 0 Å². The summed E-state index contributed by atoms with van der Waals surface area (Å²) >= 11 is 1.93. The minimum Gasteiger partial charge on any atom is -0.267 e. The smallest absolute Gasteiger partial charge is 0.267 e. The summed E-state index contributed by atoms with van der Waals surface area (Å²) in [7, 11) is -3.65. The molecule has 10 nitrogen and oxygen atoms in total. The Morgan fingerprint density at radius 2 is 1.84 bits per heavy atom. The van der Waals surface area contributed by atoms with E-state index in [1.54, 1.807) is 0 Å². The van der Waals surface area contributed by atoms with E-state index in [4.69, 9.17) is 0 Å². The van der Waals surface area contributed by atoms with E-state index in [2.05, 4.69) is 10.1 Å². The number of sulfonamides is 1. The number of benzene rings is 2. The number of hydrogen-bond acceptors (Lipinski definition) is 9. The molecule has 2 aromatic carbocycles. The van der Waals surface area contributed by atoms with E-state index < -0.39 is 26.7 Å². The van der Waals surface area contributed by atoms with E-state index in [9.17, 15) is 27.7 Å². The molecule has 0 bridgehead atoms. The second kappa shape index (κ2) is 10.0. The molecule has 0 aliphatic carbocycles. The van der Waals surface area contributed by atoms with Gasteiger partial charge in [0.1, 0.15) is 5.82 Å². The van der Waals surface area contributed by atoms with Crippen molar-refractivity contribution >= 4 is 65.2 Å². The number of hydrogen-bond donors (Lipinski definition) is 0. The Balaban J connectivity index is 1.49. The third kappa shape index (κ3) is 5.13. The van der Waals surface area contributed by atoms with Crippen molar-refractivity contribution in [2.75, 3.05) is 18.1 Å². The highest BCUT2D eigenvalue weighted by Crippen LogP contribution is 2.31. The second-order valence-corrected chi connectivity index (χ2v) is 12.1. The minimum absolute atomic E-state index is 0.0791. The van der Waals surface area contributed by atoms with Crippen LogP contribution in [0.4, 0.5) is 14.5 Å². The van der Waals surface area contributed by atoms with Gasteiger partial charge in [-0.25, -0.2) is 17.8 Å². The van der Waals surface area contributed by atoms with Gasteiger partial charge in [-0.15, -0.1) is 0 Å². The highest BCUT2D eigenvalue weighted by Gasteiger charge is 2.28. The molecule has 1 fully saturated rings. The molecule has 190 valence electrons. The fraction of sp³-hybridized carbons (Fsp3) is 0.174. The normalized spacial score (nSPS) is 14.5. The predicted octanol–water partition coefficient (Wildman–Crippen LogP) is 4.87. The van der Waals surface area contributed by atoms with Gasteiger partial charge in [0.15, 0.2) is 0 Å². The number of nitrogens with zero attached hydrogens (tertiary/aromatic N) is 5. The molecule has 0 unspecified atom stereocenters. The lowest BCUT2D eigenvalue weighted by molar-refractivity contribution is -0.380. The fourth-order valence-corrected chi connectivity index (χ4v) is 6.91. The van der Waals surface area contributed by atoms with Crippen LogP contribution in [0.2, 0.25) is 0 Å². The summed E-state index contributed by atoms with van der Waals surface area (Å²) in [5, 5.41) is 16.3. The van der Waals surface area contributed by atoms with Crippen LogP contribution in [0.5, 0.6) is 0 Å². The van der Waals surface area contributed by atoms with Crippen molar-refractivity contribution in [1.29, 1.82) is 0 Å². The number of thiazole rings is 1. The lowest BCUT2D eigenvalue weighted by atomic mass is 10.2. The summed E-state index contributed by atoms with van der Waals surface area (Å²) in [6.45, 7) is 0.926. The van der Waals surface area contributed by atoms with Gasteiger partial charge in [-0.2, -0.15) is 14.4 Å². The van der Waals surface area contributed by atoms with Crippen LogP contribution in [-0.2, 0) is 10.0 Å². The largest absolute Gasteiger partial charge is 0.324 e. The van der Waals surface area contributed by atoms with Gasteiger partial charge in [0, 0.05) is 24.7 Å². The predicted molar refractivity (Wildman–Crippen MR) is 139 cm³/mol. The summed E-state index contributed by atoms with van der Waals surface area (Å²) in [4.78, 5) is 28.9. The van der Waals surface area contributed by atoms with Crippen molar-refractivity contribution in [1.82, 2.24) is 9.29 Å². The maximum Gasteiger partial charge on any atom is 0.324 e. The number of amides is 1. The Morgan fingerprint density at radius 3 is 2.51 bits per heavy atom. The number of halogens is 1. The maximum absolute atomic E-state index is 13.7. The number of thiophene rings is 1. The average molecular weight is 560 g/mol. The van der Waals surface area contributed by atoms with Crippen molar-refractivity contribution in [3.8, 4) is 0 Å². The molecular weight excluding hydrogens is 541 g/mol. The fourth-order valence-electron chi connectivity index (χ4n) is 3.76. The van der Waals surface area contributed by atoms with Crippen molar-refractivity contribution in [3.05, 3.63) is 81.0 Å². The third-order valence-electron chi connectivity index (χ3n) is 5.61. The first-order chi connectivity index (χ1) is 17.7. The van der Waals surface area contributed by atoms with Crippen LogP contribution in [-0.4, -0.2) is 47.8 Å². The number of aromatic nitrogens is 1. The zero-order chi connectivity index (χ0) is 26.2. The number of carbonyl (C=O) groups is 1. The number of rotatable bonds is 7. The van der Waals surface area contributed by atoms with Crippen LogP contribution in [0, 0.1) is 15.9 Å². The number of hydrazone groups is 1. The SMILES string of the molecule is O=C(c1ccc(S(=O)(=O)N2CCCC2)cc1)N(/N=C/c1ccc([N+](=O)[O-])s1)c1nc2ccc(F)cc2s1. The van der Waals surface area contributed by atoms with Crippen molar-refractivity contribution < 1.29 is 22.5 Å². The Bertz CT molecular complexity index is 1630. The molecule has 1 amide bonds. The summed E-state index contributed by atoms with van der Waals surface area (Å²) in [6.07, 6.45) is 2.92. The molecule has 14 heteroatoms. The van der Waals surface area contributed by atoms with Crippen LogP contribution in [0.15, 0.2) is 64.6 Å². The number of anilines is 1. The first-order valence-electron chi connectivity index (χ1n) is 11.0. The van der Waals surface area contributed by atoms with E-state index in [0.717, 1.165) is 40.5 Å². The number of nitro groups is 1. The van der Waals surface area contributed by atoms with Gasteiger partial charge in [-0.3, -0.25) is 14.9 Å². The molecule has 2 aromatic heterocycles. The summed E-state index contributed by atoms with van der Waals surface area (Å²) in [5.41, 5.74) is 0.619. The second-order valence-electron chi connectivity index (χ2n) is 8.04. The van der Waals surface area contributed by atoms with E-state index in [0.29, 0.717) is 28.2 Å². The van der Waals surface area contributed by atoms with Gasteiger partial charge in [0.2, 0.25) is 15.2 Å². The van der Waals surface area contributed by atoms with Crippen molar-refractivity contribution in [3.63, 3.8) is 0 Å². The first-order valence-corrected chi connectivity index (χ1v) is 14.1. The van der Waals surface area contributed by atoms with E-state index >= 15 is 0 Å². The molecular formula is C23H18FN5O5S3. The molecule has 0 spiro atoms. The molecule has 0 N–H and O–H groups in total. The van der Waals surface area contributed by atoms with E-state index in [-0.39, 0.29) is 20.6 Å². The summed E-state index contributed by atoms with van der Waals surface area (Å²) in [6, 6.07) is 12.4. The molecule has 0 saturated carbocycles. The highest BCUT2D eigenvalue weighted by molar-refractivity contribution is 7.89. The monoisotopic (exact) mass is 559 g/mol. The maximum atomic E-state index is 13.7. The van der Waals surface area contributed by atoms with Gasteiger partial charge in [0.25, 0.3) is 5.91 Å². The Labute approximate surface area is 218 Å². The van der Waals surface area contributed by atoms with Crippen LogP contribution in [0.3, 0.4) is 0 Å². The molecule has 1 saturated heterocycles. The Morgan fingerprint density at radius 1 is 1.11 bits per heavy atom. The Hall–Kier alpha value is -3.59. The Kier molecular flexibility index (Phi) is 6.81. The average Bonchev–Trinajstić information content (AvgIpc) is 3.65. The van der Waals surface area contributed by atoms with E-state index in [1.165, 1.54) is 65.1 Å². The van der Waals surface area contributed by atoms with Crippen LogP contribution >= 0.6 is 22.7 Å². The lowest BCUT2D eigenvalue weighted by Gasteiger charge is -2.16. The number of fused-ring (bicyclic) bond motifs is 1. The zero-order valence-electron chi connectivity index (χ0n) is 19.0. The third-order valence-corrected chi connectivity index (χ3v) is 9.49. The zero-order valence-corrected chi connectivity index (χ0v) is 21.4. The van der Waals surface area contributed by atoms with Gasteiger partial charge in [0.05, 0.1) is 31.1 Å². The van der Waals surface area contributed by atoms with Crippen LogP contribution < -0.4 is 5.01 Å². The van der Waals surface area contributed by atoms with Crippen LogP contribution in [0.25, 0.3) is 10.2 Å². The molecule has 0 atom stereocenters. The van der Waals surface area contributed by atoms with Gasteiger partial charge in [-0.05, 0) is 61.4 Å². The summed E-state index contributed by atoms with van der Waals surface area (Å²) in [5.74, 6) is -1.06. The molecule has 37 heavy (non-hydrogen) atoms. The van der Waals surface area contributed by atoms with Gasteiger partial charge in [-0.1, -0.05) is 22.7 Å². The molecule has 0 radical (unpaired) electrons. The first kappa shape index (κ1) is 25.1. The molecule has 4 aromatic rings. The van der Waals surface area contributed by atoms with Crippen LogP contribution in [0.1, 0.15) is 28.1 Å². The minimum atomic E-state index is -3.65. The molecule has 3 heterocycles. The highest BCUT2D eigenvalue weighted by atomic mass is 32.2. The molecule has 5 rings (SSSR count). The topological polar surface area (TPSA) is 126 Å². The molecule has 1 aliphatic heterocycles. The van der Waals surface area contributed by atoms with E-state index in [1.807, 2.05) is 0 Å². The van der Waals surface area contributed by atoms with Crippen molar-refractivity contribution in [2.24, 2.45) is 5.10 Å². The lowest BCUT2D eigenvalue weighted by Crippen LogP contribution is -2.28. The standard InChI is InChI=1S/C23H18FN5O5S3/c24-16-5-9-19-20(13-16)36-23(26-19)28(25-14-17-6-10-21(35-17)29(31)32)22(30)15-3-7-18(8-4-15)37(33,34)27-11-1-2-12-27/h3-10,13-14H,1-2,11-12H2/b25-14+. The van der Waals surface area contributed by atoms with Gasteiger partial charge >= 0.3 is 5.00 Å². The van der Waals surface area contributed by atoms with Crippen molar-refractivity contribution in [2.45, 2.75) is 17.7 Å². The summed E-state index contributed by atoms with van der Waals surface area (Å²) < 4.78 is 41.3.